The number of hydrogen-bond donors (Lipinski definition) is 1. The summed E-state index contributed by atoms with van der Waals surface area (Å²) in [7, 11) is 2.06. The first-order valence-corrected chi connectivity index (χ1v) is 7.71. The van der Waals surface area contributed by atoms with Crippen molar-refractivity contribution >= 4 is 21.6 Å². The predicted octanol–water partition coefficient (Wildman–Crippen LogP) is 4.14. The molecule has 1 N–H and O–H groups in total. The first kappa shape index (κ1) is 12.1. The van der Waals surface area contributed by atoms with Crippen LogP contribution in [0.25, 0.3) is 10.2 Å². The molecule has 2 nitrogen and oxygen atoms in total. The maximum Gasteiger partial charge on any atom is 0.111 e. The summed E-state index contributed by atoms with van der Waals surface area (Å²) in [6.07, 6.45) is 6.89. The van der Waals surface area contributed by atoms with E-state index >= 15 is 0 Å². The van der Waals surface area contributed by atoms with Crippen molar-refractivity contribution in [3.05, 3.63) is 29.3 Å². The summed E-state index contributed by atoms with van der Waals surface area (Å²) in [6, 6.07) is 8.87. The number of para-hydroxylation sites is 1. The highest BCUT2D eigenvalue weighted by atomic mass is 32.1. The largest absolute Gasteiger partial charge is 0.311 e. The lowest BCUT2D eigenvalue weighted by Crippen LogP contribution is -2.18. The molecule has 1 saturated carbocycles. The fourth-order valence-electron chi connectivity index (χ4n) is 2.96. The molecule has 1 heterocycles. The number of hydrogen-bond acceptors (Lipinski definition) is 3. The molecule has 1 aliphatic rings. The Balaban J connectivity index is 1.81. The van der Waals surface area contributed by atoms with Gasteiger partial charge in [0.05, 0.1) is 16.3 Å². The number of nitrogens with zero attached hydrogens (tertiary/aromatic N) is 1. The lowest BCUT2D eigenvalue weighted by atomic mass is 9.99. The third kappa shape index (κ3) is 2.43. The molecule has 18 heavy (non-hydrogen) atoms. The van der Waals surface area contributed by atoms with E-state index in [0.29, 0.717) is 6.04 Å². The summed E-state index contributed by atoms with van der Waals surface area (Å²) in [5.41, 5.74) is 1.14. The van der Waals surface area contributed by atoms with E-state index < -0.39 is 0 Å². The van der Waals surface area contributed by atoms with Gasteiger partial charge in [0.15, 0.2) is 0 Å². The highest BCUT2D eigenvalue weighted by Gasteiger charge is 2.22. The smallest absolute Gasteiger partial charge is 0.111 e. The molecule has 1 unspecified atom stereocenters. The van der Waals surface area contributed by atoms with E-state index in [1.165, 1.54) is 41.8 Å². The number of fused-ring (bicyclic) bond motifs is 1. The van der Waals surface area contributed by atoms with Crippen molar-refractivity contribution in [2.24, 2.45) is 5.92 Å². The van der Waals surface area contributed by atoms with E-state index in [1.807, 2.05) is 11.3 Å². The van der Waals surface area contributed by atoms with Gasteiger partial charge in [0.1, 0.15) is 5.01 Å². The van der Waals surface area contributed by atoms with Crippen molar-refractivity contribution in [2.75, 3.05) is 7.05 Å². The zero-order chi connectivity index (χ0) is 12.4. The van der Waals surface area contributed by atoms with Crippen molar-refractivity contribution in [1.29, 1.82) is 0 Å². The Morgan fingerprint density at radius 3 is 2.83 bits per heavy atom. The SMILES string of the molecule is CNC(CC1CCCC1)c1nc2ccccc2s1. The number of aromatic nitrogens is 1. The molecule has 0 aliphatic heterocycles. The Morgan fingerprint density at radius 1 is 1.33 bits per heavy atom. The van der Waals surface area contributed by atoms with E-state index in [1.54, 1.807) is 0 Å². The number of rotatable bonds is 4. The third-order valence-corrected chi connectivity index (χ3v) is 5.15. The average Bonchev–Trinajstić information content (AvgIpc) is 3.04. The van der Waals surface area contributed by atoms with Crippen LogP contribution in [-0.4, -0.2) is 12.0 Å². The Morgan fingerprint density at radius 2 is 2.11 bits per heavy atom. The number of thiazole rings is 1. The van der Waals surface area contributed by atoms with Gasteiger partial charge in [-0.15, -0.1) is 11.3 Å². The van der Waals surface area contributed by atoms with Crippen LogP contribution >= 0.6 is 11.3 Å². The van der Waals surface area contributed by atoms with Crippen LogP contribution in [0, 0.1) is 5.92 Å². The molecule has 1 aromatic heterocycles. The molecule has 0 spiro atoms. The maximum atomic E-state index is 4.78. The molecular formula is C15H20N2S. The van der Waals surface area contributed by atoms with Crippen molar-refractivity contribution < 1.29 is 0 Å². The normalized spacial score (nSPS) is 18.5. The van der Waals surface area contributed by atoms with Crippen molar-refractivity contribution in [1.82, 2.24) is 10.3 Å². The van der Waals surface area contributed by atoms with Gasteiger partial charge in [0, 0.05) is 0 Å². The van der Waals surface area contributed by atoms with Crippen LogP contribution in [0.1, 0.15) is 43.2 Å². The second kappa shape index (κ2) is 5.37. The van der Waals surface area contributed by atoms with E-state index in [9.17, 15) is 0 Å². The Labute approximate surface area is 112 Å². The predicted molar refractivity (Wildman–Crippen MR) is 78.0 cm³/mol. The molecular weight excluding hydrogens is 240 g/mol. The monoisotopic (exact) mass is 260 g/mol. The first-order valence-electron chi connectivity index (χ1n) is 6.89. The minimum atomic E-state index is 0.436. The summed E-state index contributed by atoms with van der Waals surface area (Å²) < 4.78 is 1.30. The zero-order valence-corrected chi connectivity index (χ0v) is 11.7. The number of nitrogens with one attached hydrogen (secondary N) is 1. The average molecular weight is 260 g/mol. The van der Waals surface area contributed by atoms with Crippen LogP contribution in [0.3, 0.4) is 0 Å². The molecule has 0 amide bonds. The van der Waals surface area contributed by atoms with Crippen LogP contribution in [0.15, 0.2) is 24.3 Å². The van der Waals surface area contributed by atoms with E-state index in [4.69, 9.17) is 4.98 Å². The van der Waals surface area contributed by atoms with Gasteiger partial charge in [-0.25, -0.2) is 4.98 Å². The minimum absolute atomic E-state index is 0.436. The second-order valence-electron chi connectivity index (χ2n) is 5.25. The maximum absolute atomic E-state index is 4.78. The molecule has 1 fully saturated rings. The molecule has 96 valence electrons. The minimum Gasteiger partial charge on any atom is -0.311 e. The van der Waals surface area contributed by atoms with Gasteiger partial charge in [-0.1, -0.05) is 37.8 Å². The topological polar surface area (TPSA) is 24.9 Å². The molecule has 0 saturated heterocycles. The Bertz CT molecular complexity index is 481. The van der Waals surface area contributed by atoms with Crippen LogP contribution in [0.5, 0.6) is 0 Å². The highest BCUT2D eigenvalue weighted by Crippen LogP contribution is 2.35. The van der Waals surface area contributed by atoms with Crippen LogP contribution < -0.4 is 5.32 Å². The van der Waals surface area contributed by atoms with Crippen LogP contribution in [0.2, 0.25) is 0 Å². The Hall–Kier alpha value is -0.930. The Kier molecular flexibility index (Phi) is 3.62. The van der Waals surface area contributed by atoms with Crippen molar-refractivity contribution in [3.8, 4) is 0 Å². The molecule has 0 bridgehead atoms. The molecule has 3 rings (SSSR count). The highest BCUT2D eigenvalue weighted by molar-refractivity contribution is 7.18. The van der Waals surface area contributed by atoms with Gasteiger partial charge in [-0.2, -0.15) is 0 Å². The standard InChI is InChI=1S/C15H20N2S/c1-16-13(10-11-6-2-3-7-11)15-17-12-8-4-5-9-14(12)18-15/h4-5,8-9,11,13,16H,2-3,6-7,10H2,1H3. The summed E-state index contributed by atoms with van der Waals surface area (Å²) in [6.45, 7) is 0. The molecule has 1 atom stereocenters. The second-order valence-corrected chi connectivity index (χ2v) is 6.31. The summed E-state index contributed by atoms with van der Waals surface area (Å²) in [5.74, 6) is 0.898. The quantitative estimate of drug-likeness (QED) is 0.893. The fraction of sp³-hybridized carbons (Fsp3) is 0.533. The van der Waals surface area contributed by atoms with Crippen LogP contribution in [-0.2, 0) is 0 Å². The van der Waals surface area contributed by atoms with Gasteiger partial charge < -0.3 is 5.32 Å². The van der Waals surface area contributed by atoms with Gasteiger partial charge in [-0.05, 0) is 31.5 Å². The van der Waals surface area contributed by atoms with Crippen molar-refractivity contribution in [3.63, 3.8) is 0 Å². The lowest BCUT2D eigenvalue weighted by Gasteiger charge is -2.17. The first-order chi connectivity index (χ1) is 8.86. The van der Waals surface area contributed by atoms with Gasteiger partial charge in [0.2, 0.25) is 0 Å². The summed E-state index contributed by atoms with van der Waals surface area (Å²) >= 11 is 1.84. The van der Waals surface area contributed by atoms with Gasteiger partial charge in [0.25, 0.3) is 0 Å². The third-order valence-electron chi connectivity index (χ3n) is 4.00. The molecule has 1 aliphatic carbocycles. The fourth-order valence-corrected chi connectivity index (χ4v) is 4.05. The van der Waals surface area contributed by atoms with E-state index in [2.05, 4.69) is 36.6 Å². The van der Waals surface area contributed by atoms with Gasteiger partial charge in [-0.3, -0.25) is 0 Å². The van der Waals surface area contributed by atoms with Gasteiger partial charge >= 0.3 is 0 Å². The molecule has 0 radical (unpaired) electrons. The zero-order valence-electron chi connectivity index (χ0n) is 10.9. The van der Waals surface area contributed by atoms with E-state index in [0.717, 1.165) is 11.4 Å². The summed E-state index contributed by atoms with van der Waals surface area (Å²) in [5, 5.41) is 4.71. The van der Waals surface area contributed by atoms with E-state index in [-0.39, 0.29) is 0 Å². The lowest BCUT2D eigenvalue weighted by molar-refractivity contribution is 0.413. The summed E-state index contributed by atoms with van der Waals surface area (Å²) in [4.78, 5) is 4.78. The molecule has 3 heteroatoms. The molecule has 2 aromatic rings. The van der Waals surface area contributed by atoms with Crippen molar-refractivity contribution in [2.45, 2.75) is 38.1 Å². The molecule has 1 aromatic carbocycles. The number of benzene rings is 1. The van der Waals surface area contributed by atoms with Crippen LogP contribution in [0.4, 0.5) is 0 Å².